The van der Waals surface area contributed by atoms with E-state index in [-0.39, 0.29) is 24.6 Å². The van der Waals surface area contributed by atoms with Gasteiger partial charge in [0.25, 0.3) is 0 Å². The van der Waals surface area contributed by atoms with Crippen LogP contribution in [0, 0.1) is 11.8 Å². The Bertz CT molecular complexity index is 623. The summed E-state index contributed by atoms with van der Waals surface area (Å²) in [4.78, 5) is 13.8. The number of hydrogen-bond acceptors (Lipinski definition) is 3. The number of nitrogens with one attached hydrogen (secondary N) is 1. The summed E-state index contributed by atoms with van der Waals surface area (Å²) in [5.41, 5.74) is -0.462. The van der Waals surface area contributed by atoms with Crippen LogP contribution >= 0.6 is 11.8 Å². The molecule has 0 aliphatic rings. The highest BCUT2D eigenvalue weighted by atomic mass is 32.2. The third-order valence-electron chi connectivity index (χ3n) is 3.68. The fourth-order valence-electron chi connectivity index (χ4n) is 2.01. The molecule has 0 aliphatic carbocycles. The van der Waals surface area contributed by atoms with E-state index in [1.165, 1.54) is 12.1 Å². The summed E-state index contributed by atoms with van der Waals surface area (Å²) in [5, 5.41) is 2.66. The molecule has 1 N–H and O–H groups in total. The molecule has 0 bridgehead atoms. The molecule has 1 rings (SSSR count). The fraction of sp³-hybridized carbons (Fsp3) is 0.500. The zero-order valence-electron chi connectivity index (χ0n) is 14.6. The van der Waals surface area contributed by atoms with Crippen LogP contribution in [0.2, 0.25) is 0 Å². The molecular formula is C18H23F3N2OS. The van der Waals surface area contributed by atoms with Crippen molar-refractivity contribution in [3.8, 4) is 11.8 Å². The van der Waals surface area contributed by atoms with E-state index in [4.69, 9.17) is 0 Å². The number of amides is 1. The maximum Gasteiger partial charge on any atom is 0.416 e. The van der Waals surface area contributed by atoms with Gasteiger partial charge in [0, 0.05) is 11.6 Å². The number of hydrogen-bond donors (Lipinski definition) is 1. The molecule has 1 atom stereocenters. The molecule has 25 heavy (non-hydrogen) atoms. The molecule has 7 heteroatoms. The van der Waals surface area contributed by atoms with Crippen molar-refractivity contribution < 1.29 is 18.0 Å². The van der Waals surface area contributed by atoms with Gasteiger partial charge in [0.05, 0.1) is 18.7 Å². The van der Waals surface area contributed by atoms with E-state index >= 15 is 0 Å². The topological polar surface area (TPSA) is 32.3 Å². The van der Waals surface area contributed by atoms with E-state index in [9.17, 15) is 18.0 Å². The molecule has 0 aromatic heterocycles. The van der Waals surface area contributed by atoms with Crippen LogP contribution < -0.4 is 5.32 Å². The fourth-order valence-corrected chi connectivity index (χ4v) is 2.59. The number of thioether (sulfide) groups is 1. The summed E-state index contributed by atoms with van der Waals surface area (Å²) in [6.07, 6.45) is -1.34. The van der Waals surface area contributed by atoms with Crippen LogP contribution in [0.15, 0.2) is 24.3 Å². The average Bonchev–Trinajstić information content (AvgIpc) is 2.56. The predicted octanol–water partition coefficient (Wildman–Crippen LogP) is 3.25. The number of likely N-dealkylation sites (N-methyl/N-ethyl adjacent to an activating group) is 1. The van der Waals surface area contributed by atoms with Crippen LogP contribution in [0.5, 0.6) is 0 Å². The number of carbonyl (C=O) groups excluding carboxylic acids is 1. The molecule has 0 unspecified atom stereocenters. The monoisotopic (exact) mass is 372 g/mol. The van der Waals surface area contributed by atoms with Gasteiger partial charge in [-0.2, -0.15) is 24.9 Å². The van der Waals surface area contributed by atoms with Crippen LogP contribution in [0.1, 0.15) is 24.5 Å². The Morgan fingerprint density at radius 3 is 2.76 bits per heavy atom. The lowest BCUT2D eigenvalue weighted by atomic mass is 10.1. The zero-order chi connectivity index (χ0) is 18.9. The van der Waals surface area contributed by atoms with Crippen molar-refractivity contribution in [2.45, 2.75) is 25.6 Å². The Kier molecular flexibility index (Phi) is 8.87. The van der Waals surface area contributed by atoms with Crippen molar-refractivity contribution >= 4 is 17.7 Å². The van der Waals surface area contributed by atoms with Crippen LogP contribution in [0.4, 0.5) is 13.2 Å². The highest BCUT2D eigenvalue weighted by molar-refractivity contribution is 7.98. The number of rotatable bonds is 7. The SMILES string of the molecule is CSCC[C@@H](C)N(C)CC(=O)NCC#Cc1cccc(C(F)(F)F)c1. The Morgan fingerprint density at radius 2 is 2.12 bits per heavy atom. The molecule has 3 nitrogen and oxygen atoms in total. The summed E-state index contributed by atoms with van der Waals surface area (Å²) in [6, 6.07) is 5.12. The Balaban J connectivity index is 2.45. The molecule has 0 radical (unpaired) electrons. The van der Waals surface area contributed by atoms with E-state index in [0.717, 1.165) is 24.3 Å². The Hall–Kier alpha value is -1.65. The van der Waals surface area contributed by atoms with Crippen molar-refractivity contribution in [1.82, 2.24) is 10.2 Å². The molecule has 1 aromatic rings. The van der Waals surface area contributed by atoms with Gasteiger partial charge in [0.15, 0.2) is 0 Å². The van der Waals surface area contributed by atoms with Gasteiger partial charge < -0.3 is 5.32 Å². The quantitative estimate of drug-likeness (QED) is 0.746. The van der Waals surface area contributed by atoms with Crippen molar-refractivity contribution in [1.29, 1.82) is 0 Å². The number of nitrogens with zero attached hydrogens (tertiary/aromatic N) is 1. The highest BCUT2D eigenvalue weighted by Crippen LogP contribution is 2.29. The van der Waals surface area contributed by atoms with E-state index in [1.54, 1.807) is 11.8 Å². The van der Waals surface area contributed by atoms with Crippen LogP contribution in [-0.4, -0.2) is 49.0 Å². The van der Waals surface area contributed by atoms with Crippen molar-refractivity contribution in [2.75, 3.05) is 32.1 Å². The number of halogens is 3. The van der Waals surface area contributed by atoms with Gasteiger partial charge in [-0.1, -0.05) is 17.9 Å². The molecule has 0 aliphatic heterocycles. The van der Waals surface area contributed by atoms with Gasteiger partial charge in [0.1, 0.15) is 0 Å². The van der Waals surface area contributed by atoms with Crippen molar-refractivity contribution in [2.24, 2.45) is 0 Å². The zero-order valence-corrected chi connectivity index (χ0v) is 15.4. The third kappa shape index (κ3) is 8.32. The largest absolute Gasteiger partial charge is 0.416 e. The number of carbonyl (C=O) groups is 1. The Morgan fingerprint density at radius 1 is 1.40 bits per heavy atom. The van der Waals surface area contributed by atoms with Crippen LogP contribution in [0.25, 0.3) is 0 Å². The molecule has 1 amide bonds. The highest BCUT2D eigenvalue weighted by Gasteiger charge is 2.30. The summed E-state index contributed by atoms with van der Waals surface area (Å²) in [5.74, 6) is 6.19. The minimum atomic E-state index is -4.39. The summed E-state index contributed by atoms with van der Waals surface area (Å²) < 4.78 is 37.8. The van der Waals surface area contributed by atoms with Crippen LogP contribution in [0.3, 0.4) is 0 Å². The first-order valence-electron chi connectivity index (χ1n) is 7.86. The lowest BCUT2D eigenvalue weighted by Gasteiger charge is -2.23. The molecule has 0 spiro atoms. The minimum Gasteiger partial charge on any atom is -0.344 e. The molecule has 0 fully saturated rings. The smallest absolute Gasteiger partial charge is 0.344 e. The van der Waals surface area contributed by atoms with E-state index in [0.29, 0.717) is 6.04 Å². The van der Waals surface area contributed by atoms with Gasteiger partial charge >= 0.3 is 6.18 Å². The second-order valence-electron chi connectivity index (χ2n) is 5.70. The first kappa shape index (κ1) is 21.4. The van der Waals surface area contributed by atoms with Gasteiger partial charge in [-0.25, -0.2) is 0 Å². The second kappa shape index (κ2) is 10.4. The molecule has 1 aromatic carbocycles. The normalized spacial score (nSPS) is 12.4. The lowest BCUT2D eigenvalue weighted by Crippen LogP contribution is -2.39. The minimum absolute atomic E-state index is 0.0993. The molecular weight excluding hydrogens is 349 g/mol. The summed E-state index contributed by atoms with van der Waals surface area (Å²) in [7, 11) is 1.89. The maximum atomic E-state index is 12.6. The molecule has 138 valence electrons. The van der Waals surface area contributed by atoms with Gasteiger partial charge in [-0.3, -0.25) is 9.69 Å². The molecule has 0 saturated carbocycles. The lowest BCUT2D eigenvalue weighted by molar-refractivity contribution is -0.137. The summed E-state index contributed by atoms with van der Waals surface area (Å²) >= 11 is 1.77. The van der Waals surface area contributed by atoms with Gasteiger partial charge in [-0.15, -0.1) is 0 Å². The maximum absolute atomic E-state index is 12.6. The first-order chi connectivity index (χ1) is 11.7. The standard InChI is InChI=1S/C18H23F3N2OS/c1-14(9-11-25-3)23(2)13-17(24)22-10-5-7-15-6-4-8-16(12-15)18(19,20)21/h4,6,8,12,14H,9-11,13H2,1-3H3,(H,22,24)/t14-/m1/s1. The number of benzene rings is 1. The van der Waals surface area contributed by atoms with Gasteiger partial charge in [0.2, 0.25) is 5.91 Å². The first-order valence-corrected chi connectivity index (χ1v) is 9.25. The Labute approximate surface area is 151 Å². The second-order valence-corrected chi connectivity index (χ2v) is 6.69. The predicted molar refractivity (Wildman–Crippen MR) is 96.4 cm³/mol. The van der Waals surface area contributed by atoms with Crippen LogP contribution in [-0.2, 0) is 11.0 Å². The van der Waals surface area contributed by atoms with E-state index in [2.05, 4.69) is 24.1 Å². The average molecular weight is 372 g/mol. The summed E-state index contributed by atoms with van der Waals surface area (Å²) in [6.45, 7) is 2.43. The van der Waals surface area contributed by atoms with Gasteiger partial charge in [-0.05, 0) is 50.6 Å². The third-order valence-corrected chi connectivity index (χ3v) is 4.33. The molecule has 0 heterocycles. The molecule has 0 saturated heterocycles. The number of alkyl halides is 3. The van der Waals surface area contributed by atoms with E-state index in [1.807, 2.05) is 18.2 Å². The van der Waals surface area contributed by atoms with Crippen molar-refractivity contribution in [3.05, 3.63) is 35.4 Å². The van der Waals surface area contributed by atoms with Crippen molar-refractivity contribution in [3.63, 3.8) is 0 Å². The van der Waals surface area contributed by atoms with E-state index < -0.39 is 11.7 Å².